The molecule has 0 heterocycles. The quantitative estimate of drug-likeness (QED) is 0.517. The van der Waals surface area contributed by atoms with Crippen LogP contribution >= 0.6 is 0 Å². The molecule has 0 unspecified atom stereocenters. The van der Waals surface area contributed by atoms with Gasteiger partial charge in [0.1, 0.15) is 5.71 Å². The molecular weight excluding hydrogens is 286 g/mol. The summed E-state index contributed by atoms with van der Waals surface area (Å²) in [7, 11) is 0. The van der Waals surface area contributed by atoms with Crippen molar-refractivity contribution in [1.82, 2.24) is 0 Å². The molecule has 0 aromatic heterocycles. The predicted octanol–water partition coefficient (Wildman–Crippen LogP) is 4.31. The number of aliphatic hydroxyl groups is 1. The summed E-state index contributed by atoms with van der Waals surface area (Å²) in [5.74, 6) is 2.02. The lowest BCUT2D eigenvalue weighted by Gasteiger charge is -2.58. The van der Waals surface area contributed by atoms with Crippen LogP contribution in [-0.2, 0) is 0 Å². The molecule has 4 aliphatic carbocycles. The Morgan fingerprint density at radius 1 is 1.09 bits per heavy atom. The molecule has 0 aromatic carbocycles. The molecule has 0 amide bonds. The first-order chi connectivity index (χ1) is 10.8. The fraction of sp³-hybridized carbons (Fsp3) is 0.750. The Kier molecular flexibility index (Phi) is 3.17. The summed E-state index contributed by atoms with van der Waals surface area (Å²) in [5, 5.41) is 23.4. The average Bonchev–Trinajstić information content (AvgIpc) is 2.77. The Balaban J connectivity index is 1.70. The van der Waals surface area contributed by atoms with E-state index in [1.807, 2.05) is 6.08 Å². The molecule has 4 rings (SSSR count). The van der Waals surface area contributed by atoms with Crippen molar-refractivity contribution in [3.05, 3.63) is 23.8 Å². The van der Waals surface area contributed by atoms with E-state index in [9.17, 15) is 5.11 Å². The molecule has 0 saturated heterocycles. The molecule has 0 aliphatic heterocycles. The van der Waals surface area contributed by atoms with Gasteiger partial charge in [-0.2, -0.15) is 0 Å². The van der Waals surface area contributed by atoms with Gasteiger partial charge in [0.2, 0.25) is 0 Å². The zero-order chi connectivity index (χ0) is 16.5. The van der Waals surface area contributed by atoms with E-state index in [0.717, 1.165) is 19.3 Å². The van der Waals surface area contributed by atoms with Gasteiger partial charge in [0.05, 0.1) is 5.60 Å². The van der Waals surface area contributed by atoms with Gasteiger partial charge in [0.15, 0.2) is 0 Å². The highest BCUT2D eigenvalue weighted by molar-refractivity contribution is 6.05. The second-order valence-corrected chi connectivity index (χ2v) is 8.99. The molecule has 3 nitrogen and oxygen atoms in total. The summed E-state index contributed by atoms with van der Waals surface area (Å²) >= 11 is 0. The second-order valence-electron chi connectivity index (χ2n) is 8.99. The molecule has 126 valence electrons. The molecule has 3 fully saturated rings. The van der Waals surface area contributed by atoms with Gasteiger partial charge in [-0.3, -0.25) is 0 Å². The van der Waals surface area contributed by atoms with E-state index in [2.05, 4.69) is 38.1 Å². The van der Waals surface area contributed by atoms with Crippen molar-refractivity contribution in [2.75, 3.05) is 0 Å². The number of fused-ring (bicyclic) bond motifs is 5. The van der Waals surface area contributed by atoms with Crippen molar-refractivity contribution in [3.8, 4) is 0 Å². The number of oxime groups is 1. The zero-order valence-electron chi connectivity index (χ0n) is 14.5. The highest BCUT2D eigenvalue weighted by Crippen LogP contribution is 2.66. The third-order valence-electron chi connectivity index (χ3n) is 8.25. The van der Waals surface area contributed by atoms with Crippen LogP contribution in [0.3, 0.4) is 0 Å². The molecule has 0 spiro atoms. The van der Waals surface area contributed by atoms with Gasteiger partial charge in [-0.05, 0) is 80.8 Å². The SMILES string of the molecule is C[C@]12C=CC(=NO)C=C1CC[C@@H]1[C@@H]2CC[C@@]2(C)[C@H]1CC[C@]2(C)O. The van der Waals surface area contributed by atoms with Gasteiger partial charge in [0.25, 0.3) is 0 Å². The van der Waals surface area contributed by atoms with E-state index in [-0.39, 0.29) is 10.8 Å². The molecule has 0 aromatic rings. The third-order valence-corrected chi connectivity index (χ3v) is 8.25. The van der Waals surface area contributed by atoms with Crippen molar-refractivity contribution in [3.63, 3.8) is 0 Å². The van der Waals surface area contributed by atoms with Crippen LogP contribution in [0.5, 0.6) is 0 Å². The van der Waals surface area contributed by atoms with Crippen molar-refractivity contribution in [1.29, 1.82) is 0 Å². The second kappa shape index (κ2) is 4.72. The van der Waals surface area contributed by atoms with Crippen molar-refractivity contribution >= 4 is 5.71 Å². The maximum atomic E-state index is 10.9. The van der Waals surface area contributed by atoms with Crippen LogP contribution in [-0.4, -0.2) is 21.6 Å². The molecule has 0 radical (unpaired) electrons. The summed E-state index contributed by atoms with van der Waals surface area (Å²) in [6, 6.07) is 0. The van der Waals surface area contributed by atoms with Gasteiger partial charge in [0, 0.05) is 5.41 Å². The van der Waals surface area contributed by atoms with E-state index >= 15 is 0 Å². The number of hydrogen-bond acceptors (Lipinski definition) is 3. The van der Waals surface area contributed by atoms with Crippen LogP contribution in [0.2, 0.25) is 0 Å². The normalized spacial score (nSPS) is 53.5. The highest BCUT2D eigenvalue weighted by Gasteiger charge is 2.61. The summed E-state index contributed by atoms with van der Waals surface area (Å²) in [5.41, 5.74) is 1.80. The minimum atomic E-state index is -0.501. The van der Waals surface area contributed by atoms with Gasteiger partial charge in [-0.25, -0.2) is 0 Å². The monoisotopic (exact) mass is 315 g/mol. The minimum absolute atomic E-state index is 0.0852. The molecule has 2 N–H and O–H groups in total. The molecule has 4 aliphatic rings. The van der Waals surface area contributed by atoms with Crippen LogP contribution in [0.25, 0.3) is 0 Å². The van der Waals surface area contributed by atoms with Crippen LogP contribution < -0.4 is 0 Å². The van der Waals surface area contributed by atoms with Crippen molar-refractivity contribution in [2.24, 2.45) is 33.7 Å². The molecule has 6 atom stereocenters. The molecule has 3 saturated carbocycles. The zero-order valence-corrected chi connectivity index (χ0v) is 14.5. The topological polar surface area (TPSA) is 52.8 Å². The third kappa shape index (κ3) is 1.89. The lowest BCUT2D eigenvalue weighted by Crippen LogP contribution is -2.53. The Bertz CT molecular complexity index is 617. The van der Waals surface area contributed by atoms with Gasteiger partial charge in [-0.1, -0.05) is 30.7 Å². The van der Waals surface area contributed by atoms with E-state index in [0.29, 0.717) is 23.5 Å². The van der Waals surface area contributed by atoms with Crippen LogP contribution in [0.15, 0.2) is 29.0 Å². The summed E-state index contributed by atoms with van der Waals surface area (Å²) < 4.78 is 0. The maximum absolute atomic E-state index is 10.9. The number of nitrogens with zero attached hydrogens (tertiary/aromatic N) is 1. The van der Waals surface area contributed by atoms with Gasteiger partial charge in [-0.15, -0.1) is 0 Å². The van der Waals surface area contributed by atoms with Crippen LogP contribution in [0.4, 0.5) is 0 Å². The highest BCUT2D eigenvalue weighted by atomic mass is 16.4. The molecule has 3 heteroatoms. The smallest absolute Gasteiger partial charge is 0.102 e. The van der Waals surface area contributed by atoms with Gasteiger partial charge >= 0.3 is 0 Å². The molecule has 23 heavy (non-hydrogen) atoms. The standard InChI is InChI=1S/C20H29NO2/c1-18-9-6-14(21-23)12-13(18)4-5-15-16(18)7-10-19(2)17(15)8-11-20(19,3)22/h6,9,12,15-17,22-23H,4-5,7-8,10-11H2,1-3H3/t15-,16+,17+,18+,19+,20+/m1/s1. The van der Waals surface area contributed by atoms with E-state index in [4.69, 9.17) is 5.21 Å². The van der Waals surface area contributed by atoms with E-state index < -0.39 is 5.60 Å². The van der Waals surface area contributed by atoms with Crippen molar-refractivity contribution < 1.29 is 10.3 Å². The maximum Gasteiger partial charge on any atom is 0.102 e. The predicted molar refractivity (Wildman–Crippen MR) is 91.5 cm³/mol. The fourth-order valence-corrected chi connectivity index (χ4v) is 6.51. The minimum Gasteiger partial charge on any atom is -0.410 e. The first-order valence-electron chi connectivity index (χ1n) is 9.16. The first kappa shape index (κ1) is 15.4. The first-order valence-corrected chi connectivity index (χ1v) is 9.16. The Morgan fingerprint density at radius 2 is 1.83 bits per heavy atom. The van der Waals surface area contributed by atoms with E-state index in [1.54, 1.807) is 0 Å². The Labute approximate surface area is 139 Å². The fourth-order valence-electron chi connectivity index (χ4n) is 6.51. The van der Waals surface area contributed by atoms with E-state index in [1.165, 1.54) is 24.8 Å². The largest absolute Gasteiger partial charge is 0.410 e. The lowest BCUT2D eigenvalue weighted by atomic mass is 9.47. The average molecular weight is 315 g/mol. The lowest BCUT2D eigenvalue weighted by molar-refractivity contribution is -0.111. The summed E-state index contributed by atoms with van der Waals surface area (Å²) in [6.45, 7) is 6.77. The summed E-state index contributed by atoms with van der Waals surface area (Å²) in [4.78, 5) is 0. The summed E-state index contributed by atoms with van der Waals surface area (Å²) in [6.07, 6.45) is 13.1. The van der Waals surface area contributed by atoms with Crippen molar-refractivity contribution in [2.45, 2.75) is 64.9 Å². The Hall–Kier alpha value is -1.09. The van der Waals surface area contributed by atoms with Crippen LogP contribution in [0, 0.1) is 28.6 Å². The van der Waals surface area contributed by atoms with Crippen LogP contribution in [0.1, 0.15) is 59.3 Å². The number of allylic oxidation sites excluding steroid dienone is 4. The number of rotatable bonds is 0. The Morgan fingerprint density at radius 3 is 2.57 bits per heavy atom. The number of hydrogen-bond donors (Lipinski definition) is 2. The molecule has 0 bridgehead atoms. The van der Waals surface area contributed by atoms with Gasteiger partial charge < -0.3 is 10.3 Å². The molecular formula is C20H29NO2.